The molecule has 0 aromatic heterocycles. The molecule has 0 aromatic carbocycles. The van der Waals surface area contributed by atoms with Crippen LogP contribution >= 0.6 is 7.82 Å². The minimum absolute atomic E-state index is 0.0121. The number of hydrogen-bond acceptors (Lipinski definition) is 7. The third-order valence-corrected chi connectivity index (χ3v) is 11.5. The maximum atomic E-state index is 12.7. The summed E-state index contributed by atoms with van der Waals surface area (Å²) in [5.74, 6) is 0.382. The fourth-order valence-corrected chi connectivity index (χ4v) is 8.47. The van der Waals surface area contributed by atoms with Gasteiger partial charge < -0.3 is 23.4 Å². The number of carbonyl (C=O) groups is 1. The molecule has 47 heavy (non-hydrogen) atoms. The molecule has 3 saturated heterocycles. The fourth-order valence-electron chi connectivity index (χ4n) is 7.59. The molecule has 0 amide bonds. The minimum Gasteiger partial charge on any atom is -0.756 e. The molecule has 3 fully saturated rings. The highest BCUT2D eigenvalue weighted by Gasteiger charge is 2.45. The van der Waals surface area contributed by atoms with Crippen LogP contribution in [-0.2, 0) is 27.9 Å². The van der Waals surface area contributed by atoms with Crippen LogP contribution in [0.15, 0.2) is 23.9 Å². The Morgan fingerprint density at radius 1 is 0.872 bits per heavy atom. The second-order valence-corrected chi connectivity index (χ2v) is 16.4. The average molecular weight is 682 g/mol. The quantitative estimate of drug-likeness (QED) is 0.0369. The first-order chi connectivity index (χ1) is 22.7. The van der Waals surface area contributed by atoms with E-state index in [1.807, 2.05) is 13.0 Å². The lowest BCUT2D eigenvalue weighted by molar-refractivity contribution is -0.909. The van der Waals surface area contributed by atoms with Gasteiger partial charge in [-0.2, -0.15) is 0 Å². The third kappa shape index (κ3) is 16.0. The standard InChI is InChI=1S/C38H68NO7P/c1-4-5-6-7-8-9-10-11-12-13-14-15-16-17-18-19-29-43-31-37(46-34(2)40)32-44-47(41,42)45-33-38(3)25-20-21-36(30-38)39-26-22-35(23-27-39)24-28-39/h20-21,25,35,37H,4-19,22-24,26-33H2,1-3H3. The third-order valence-electron chi connectivity index (χ3n) is 10.6. The molecule has 0 spiro atoms. The second kappa shape index (κ2) is 21.9. The zero-order valence-electron chi connectivity index (χ0n) is 30.2. The Morgan fingerprint density at radius 3 is 1.94 bits per heavy atom. The highest BCUT2D eigenvalue weighted by molar-refractivity contribution is 7.45. The Labute approximate surface area is 287 Å². The van der Waals surface area contributed by atoms with Gasteiger partial charge in [-0.05, 0) is 18.4 Å². The number of esters is 1. The fraction of sp³-hybridized carbons (Fsp3) is 0.868. The molecular weight excluding hydrogens is 613 g/mol. The monoisotopic (exact) mass is 681 g/mol. The van der Waals surface area contributed by atoms with E-state index in [-0.39, 0.29) is 19.8 Å². The molecule has 3 aliphatic heterocycles. The van der Waals surface area contributed by atoms with E-state index >= 15 is 0 Å². The zero-order chi connectivity index (χ0) is 33.9. The smallest absolute Gasteiger partial charge is 0.303 e. The van der Waals surface area contributed by atoms with Gasteiger partial charge >= 0.3 is 5.97 Å². The summed E-state index contributed by atoms with van der Waals surface area (Å²) in [6, 6.07) is 0. The van der Waals surface area contributed by atoms with Gasteiger partial charge in [-0.3, -0.25) is 13.8 Å². The van der Waals surface area contributed by atoms with E-state index in [1.54, 1.807) is 0 Å². The first-order valence-corrected chi connectivity index (χ1v) is 20.7. The van der Waals surface area contributed by atoms with Crippen molar-refractivity contribution in [3.05, 3.63) is 23.9 Å². The Balaban J connectivity index is 1.22. The van der Waals surface area contributed by atoms with Crippen molar-refractivity contribution in [2.45, 2.75) is 155 Å². The predicted octanol–water partition coefficient (Wildman–Crippen LogP) is 9.18. The molecule has 9 heteroatoms. The summed E-state index contributed by atoms with van der Waals surface area (Å²) in [5.41, 5.74) is 0.954. The van der Waals surface area contributed by atoms with Gasteiger partial charge in [0.2, 0.25) is 0 Å². The lowest BCUT2D eigenvalue weighted by atomic mass is 9.79. The Bertz CT molecular complexity index is 979. The highest BCUT2D eigenvalue weighted by atomic mass is 31.2. The zero-order valence-corrected chi connectivity index (χ0v) is 31.1. The molecule has 4 aliphatic rings. The van der Waals surface area contributed by atoms with Gasteiger partial charge in [-0.25, -0.2) is 0 Å². The molecule has 0 saturated carbocycles. The number of allylic oxidation sites excluding steroid dienone is 3. The van der Waals surface area contributed by atoms with Gasteiger partial charge in [0.25, 0.3) is 7.82 Å². The number of hydrogen-bond donors (Lipinski definition) is 0. The largest absolute Gasteiger partial charge is 0.756 e. The molecule has 2 bridgehead atoms. The summed E-state index contributed by atoms with van der Waals surface area (Å²) in [6.45, 7) is 9.49. The molecule has 3 heterocycles. The van der Waals surface area contributed by atoms with E-state index in [4.69, 9.17) is 18.5 Å². The summed E-state index contributed by atoms with van der Waals surface area (Å²) >= 11 is 0. The van der Waals surface area contributed by atoms with Gasteiger partial charge in [0, 0.05) is 44.6 Å². The highest BCUT2D eigenvalue weighted by Crippen LogP contribution is 2.46. The van der Waals surface area contributed by atoms with E-state index in [2.05, 4.69) is 19.1 Å². The maximum Gasteiger partial charge on any atom is 0.303 e. The molecular formula is C38H68NO7P. The number of ether oxygens (including phenoxy) is 2. The summed E-state index contributed by atoms with van der Waals surface area (Å²) in [5, 5.41) is 0. The number of rotatable bonds is 27. The van der Waals surface area contributed by atoms with Crippen molar-refractivity contribution >= 4 is 13.8 Å². The second-order valence-electron chi connectivity index (χ2n) is 15.0. The van der Waals surface area contributed by atoms with E-state index in [0.29, 0.717) is 6.61 Å². The van der Waals surface area contributed by atoms with Crippen LogP contribution in [0.2, 0.25) is 0 Å². The van der Waals surface area contributed by atoms with Crippen LogP contribution in [-0.4, -0.2) is 62.6 Å². The van der Waals surface area contributed by atoms with Crippen molar-refractivity contribution in [1.29, 1.82) is 0 Å². The van der Waals surface area contributed by atoms with Gasteiger partial charge in [0.1, 0.15) is 11.8 Å². The van der Waals surface area contributed by atoms with Crippen molar-refractivity contribution < 1.29 is 37.3 Å². The minimum atomic E-state index is -4.60. The van der Waals surface area contributed by atoms with Crippen molar-refractivity contribution in [2.24, 2.45) is 11.3 Å². The van der Waals surface area contributed by atoms with E-state index in [9.17, 15) is 14.3 Å². The Morgan fingerprint density at radius 2 is 1.40 bits per heavy atom. The Hall–Kier alpha value is -1.02. The number of quaternary nitrogens is 1. The number of nitrogens with zero attached hydrogens (tertiary/aromatic N) is 1. The van der Waals surface area contributed by atoms with Crippen LogP contribution in [0.1, 0.15) is 149 Å². The lowest BCUT2D eigenvalue weighted by Gasteiger charge is -2.51. The number of carbonyl (C=O) groups excluding carboxylic acids is 1. The van der Waals surface area contributed by atoms with Crippen molar-refractivity contribution in [2.75, 3.05) is 46.1 Å². The van der Waals surface area contributed by atoms with Crippen LogP contribution in [0.3, 0.4) is 0 Å². The van der Waals surface area contributed by atoms with Crippen molar-refractivity contribution in [1.82, 2.24) is 0 Å². The topological polar surface area (TPSA) is 94.1 Å². The molecule has 0 N–H and O–H groups in total. The van der Waals surface area contributed by atoms with Crippen molar-refractivity contribution in [3.63, 3.8) is 0 Å². The normalized spacial score (nSPS) is 25.8. The van der Waals surface area contributed by atoms with Crippen LogP contribution < -0.4 is 4.89 Å². The van der Waals surface area contributed by atoms with E-state index in [0.717, 1.165) is 29.7 Å². The molecule has 0 radical (unpaired) electrons. The molecule has 272 valence electrons. The van der Waals surface area contributed by atoms with Gasteiger partial charge in [0.15, 0.2) is 0 Å². The van der Waals surface area contributed by atoms with Gasteiger partial charge in [0.05, 0.1) is 39.5 Å². The molecule has 4 rings (SSSR count). The number of phosphoric acid groups is 1. The van der Waals surface area contributed by atoms with Crippen molar-refractivity contribution in [3.8, 4) is 0 Å². The van der Waals surface area contributed by atoms with E-state index < -0.39 is 25.3 Å². The predicted molar refractivity (Wildman–Crippen MR) is 188 cm³/mol. The molecule has 3 atom stereocenters. The van der Waals surface area contributed by atoms with Gasteiger partial charge in [-0.1, -0.05) is 122 Å². The first-order valence-electron chi connectivity index (χ1n) is 19.3. The number of fused-ring (bicyclic) bond motifs is 3. The molecule has 8 nitrogen and oxygen atoms in total. The summed E-state index contributed by atoms with van der Waals surface area (Å²) < 4.78 is 35.4. The summed E-state index contributed by atoms with van der Waals surface area (Å²) in [6.07, 6.45) is 31.1. The molecule has 0 aromatic rings. The summed E-state index contributed by atoms with van der Waals surface area (Å²) in [7, 11) is -4.60. The lowest BCUT2D eigenvalue weighted by Crippen LogP contribution is -2.58. The maximum absolute atomic E-state index is 12.7. The number of phosphoric ester groups is 1. The average Bonchev–Trinajstić information content (AvgIpc) is 3.06. The van der Waals surface area contributed by atoms with Crippen LogP contribution in [0.4, 0.5) is 0 Å². The SMILES string of the molecule is CCCCCCCCCCCCCCCCCCOCC(COP(=O)([O-])OCC1(C)C=CC=C([N+]23CCC(CC2)CC3)C1)OC(C)=O. The van der Waals surface area contributed by atoms with Crippen LogP contribution in [0.5, 0.6) is 0 Å². The number of piperidine rings is 3. The van der Waals surface area contributed by atoms with Crippen LogP contribution in [0.25, 0.3) is 0 Å². The Kier molecular flexibility index (Phi) is 18.9. The van der Waals surface area contributed by atoms with Gasteiger partial charge in [-0.15, -0.1) is 0 Å². The first kappa shape index (κ1) is 40.4. The molecule has 1 aliphatic carbocycles. The van der Waals surface area contributed by atoms with Crippen LogP contribution in [0, 0.1) is 11.3 Å². The number of unbranched alkanes of at least 4 members (excludes halogenated alkanes) is 15. The van der Waals surface area contributed by atoms with E-state index in [1.165, 1.54) is 141 Å². The summed E-state index contributed by atoms with van der Waals surface area (Å²) in [4.78, 5) is 24.3. The molecule has 3 unspecified atom stereocenters.